The van der Waals surface area contributed by atoms with Gasteiger partial charge in [0.1, 0.15) is 30.3 Å². The van der Waals surface area contributed by atoms with Gasteiger partial charge in [-0.25, -0.2) is 0 Å². The highest BCUT2D eigenvalue weighted by atomic mass is 16.5. The number of rotatable bonds is 7. The van der Waals surface area contributed by atoms with Crippen LogP contribution in [0.1, 0.15) is 42.3 Å². The molecule has 28 heavy (non-hydrogen) atoms. The van der Waals surface area contributed by atoms with E-state index >= 15 is 0 Å². The maximum absolute atomic E-state index is 13.2. The summed E-state index contributed by atoms with van der Waals surface area (Å²) in [4.78, 5) is 13.2. The molecule has 0 aliphatic carbocycles. The Hall–Kier alpha value is -3.07. The van der Waals surface area contributed by atoms with Crippen LogP contribution in [0.4, 0.5) is 0 Å². The third-order valence-corrected chi connectivity index (χ3v) is 4.37. The summed E-state index contributed by atoms with van der Waals surface area (Å²) in [6.45, 7) is 6.51. The van der Waals surface area contributed by atoms with E-state index in [0.29, 0.717) is 30.3 Å². The molecule has 144 valence electrons. The summed E-state index contributed by atoms with van der Waals surface area (Å²) in [6.07, 6.45) is 0. The van der Waals surface area contributed by atoms with Crippen LogP contribution in [0.3, 0.4) is 0 Å². The van der Waals surface area contributed by atoms with Gasteiger partial charge in [0.05, 0.1) is 0 Å². The van der Waals surface area contributed by atoms with Crippen molar-refractivity contribution in [3.05, 3.63) is 95.6 Å². The predicted octanol–water partition coefficient (Wildman–Crippen LogP) is 6.07. The maximum Gasteiger partial charge on any atom is 0.175 e. The van der Waals surface area contributed by atoms with Crippen LogP contribution in [-0.4, -0.2) is 5.78 Å². The minimum atomic E-state index is -0.545. The molecule has 0 unspecified atom stereocenters. The highest BCUT2D eigenvalue weighted by Gasteiger charge is 2.29. The topological polar surface area (TPSA) is 35.5 Å². The second kappa shape index (κ2) is 8.75. The zero-order valence-corrected chi connectivity index (χ0v) is 16.6. The maximum atomic E-state index is 13.2. The minimum absolute atomic E-state index is 0.000719. The lowest BCUT2D eigenvalue weighted by atomic mass is 9.85. The molecule has 3 aromatic carbocycles. The van der Waals surface area contributed by atoms with Crippen molar-refractivity contribution < 1.29 is 14.3 Å². The fourth-order valence-electron chi connectivity index (χ4n) is 2.82. The number of benzene rings is 3. The summed E-state index contributed by atoms with van der Waals surface area (Å²) in [5, 5.41) is 0. The summed E-state index contributed by atoms with van der Waals surface area (Å²) in [6, 6.07) is 25.3. The van der Waals surface area contributed by atoms with E-state index in [1.165, 1.54) is 0 Å². The van der Waals surface area contributed by atoms with Gasteiger partial charge in [0, 0.05) is 5.41 Å². The van der Waals surface area contributed by atoms with Crippen LogP contribution < -0.4 is 9.47 Å². The first kappa shape index (κ1) is 19.7. The Morgan fingerprint density at radius 2 is 1.11 bits per heavy atom. The lowest BCUT2D eigenvalue weighted by Gasteiger charge is -2.22. The molecule has 0 heterocycles. The van der Waals surface area contributed by atoms with Crippen LogP contribution in [0.15, 0.2) is 78.9 Å². The zero-order valence-electron chi connectivity index (χ0n) is 16.6. The Morgan fingerprint density at radius 1 is 0.679 bits per heavy atom. The van der Waals surface area contributed by atoms with Gasteiger partial charge in [-0.15, -0.1) is 0 Å². The average molecular weight is 374 g/mol. The highest BCUT2D eigenvalue weighted by Crippen LogP contribution is 2.35. The van der Waals surface area contributed by atoms with Crippen LogP contribution in [0.2, 0.25) is 0 Å². The van der Waals surface area contributed by atoms with Gasteiger partial charge in [0.15, 0.2) is 5.78 Å². The number of carbonyl (C=O) groups excluding carboxylic acids is 1. The van der Waals surface area contributed by atoms with Crippen LogP contribution in [-0.2, 0) is 13.2 Å². The van der Waals surface area contributed by atoms with Crippen molar-refractivity contribution in [2.24, 2.45) is 5.41 Å². The van der Waals surface area contributed by atoms with Crippen LogP contribution >= 0.6 is 0 Å². The number of hydrogen-bond acceptors (Lipinski definition) is 3. The molecule has 0 bridgehead atoms. The second-order valence-electron chi connectivity index (χ2n) is 7.76. The van der Waals surface area contributed by atoms with E-state index < -0.39 is 5.41 Å². The standard InChI is InChI=1S/C25H26O3/c1-25(2,3)24(26)23-21(27-17-19-11-6-4-7-12-19)15-10-16-22(23)28-18-20-13-8-5-9-14-20/h4-16H,17-18H2,1-3H3. The molecule has 3 aromatic rings. The Labute approximate surface area is 166 Å². The first-order valence-electron chi connectivity index (χ1n) is 9.46. The monoisotopic (exact) mass is 374 g/mol. The van der Waals surface area contributed by atoms with E-state index in [9.17, 15) is 4.79 Å². The fraction of sp³-hybridized carbons (Fsp3) is 0.240. The second-order valence-corrected chi connectivity index (χ2v) is 7.76. The summed E-state index contributed by atoms with van der Waals surface area (Å²) >= 11 is 0. The molecule has 0 radical (unpaired) electrons. The molecule has 0 spiro atoms. The van der Waals surface area contributed by atoms with Crippen molar-refractivity contribution in [3.8, 4) is 11.5 Å². The Bertz CT molecular complexity index is 848. The van der Waals surface area contributed by atoms with Crippen molar-refractivity contribution in [2.45, 2.75) is 34.0 Å². The summed E-state index contributed by atoms with van der Waals surface area (Å²) in [5.41, 5.74) is 2.05. The first-order valence-corrected chi connectivity index (χ1v) is 9.46. The van der Waals surface area contributed by atoms with E-state index in [1.54, 1.807) is 0 Å². The van der Waals surface area contributed by atoms with Gasteiger partial charge >= 0.3 is 0 Å². The van der Waals surface area contributed by atoms with Crippen molar-refractivity contribution >= 4 is 5.78 Å². The Morgan fingerprint density at radius 3 is 1.50 bits per heavy atom. The fourth-order valence-corrected chi connectivity index (χ4v) is 2.82. The Kier molecular flexibility index (Phi) is 6.15. The van der Waals surface area contributed by atoms with Gasteiger partial charge in [-0.2, -0.15) is 0 Å². The first-order chi connectivity index (χ1) is 13.4. The van der Waals surface area contributed by atoms with Gasteiger partial charge in [0.25, 0.3) is 0 Å². The number of carbonyl (C=O) groups is 1. The molecule has 3 nitrogen and oxygen atoms in total. The van der Waals surface area contributed by atoms with E-state index in [-0.39, 0.29) is 5.78 Å². The van der Waals surface area contributed by atoms with Crippen molar-refractivity contribution in [1.82, 2.24) is 0 Å². The Balaban J connectivity index is 1.88. The molecule has 0 aromatic heterocycles. The number of Topliss-reactive ketones (excluding diaryl/α,β-unsaturated/α-hetero) is 1. The van der Waals surface area contributed by atoms with E-state index in [4.69, 9.17) is 9.47 Å². The third kappa shape index (κ3) is 5.01. The average Bonchev–Trinajstić information content (AvgIpc) is 2.71. The lowest BCUT2D eigenvalue weighted by molar-refractivity contribution is 0.0848. The zero-order chi connectivity index (χ0) is 20.0. The normalized spacial score (nSPS) is 11.1. The molecular weight excluding hydrogens is 348 g/mol. The van der Waals surface area contributed by atoms with Crippen molar-refractivity contribution in [1.29, 1.82) is 0 Å². The number of ketones is 1. The van der Waals surface area contributed by atoms with E-state index in [0.717, 1.165) is 11.1 Å². The summed E-state index contributed by atoms with van der Waals surface area (Å²) < 4.78 is 12.1. The lowest BCUT2D eigenvalue weighted by Crippen LogP contribution is -2.22. The number of hydrogen-bond donors (Lipinski definition) is 0. The largest absolute Gasteiger partial charge is 0.488 e. The van der Waals surface area contributed by atoms with Crippen LogP contribution in [0.5, 0.6) is 11.5 Å². The van der Waals surface area contributed by atoms with E-state index in [2.05, 4.69) is 0 Å². The SMILES string of the molecule is CC(C)(C)C(=O)c1c(OCc2ccccc2)cccc1OCc1ccccc1. The van der Waals surface area contributed by atoms with Crippen molar-refractivity contribution in [2.75, 3.05) is 0 Å². The third-order valence-electron chi connectivity index (χ3n) is 4.37. The molecule has 0 aliphatic rings. The minimum Gasteiger partial charge on any atom is -0.488 e. The molecule has 0 fully saturated rings. The molecule has 0 atom stereocenters. The van der Waals surface area contributed by atoms with Crippen LogP contribution in [0.25, 0.3) is 0 Å². The van der Waals surface area contributed by atoms with Gasteiger partial charge < -0.3 is 9.47 Å². The molecule has 0 saturated heterocycles. The van der Waals surface area contributed by atoms with Crippen molar-refractivity contribution in [3.63, 3.8) is 0 Å². The van der Waals surface area contributed by atoms with Gasteiger partial charge in [0.2, 0.25) is 0 Å². The summed E-state index contributed by atoms with van der Waals surface area (Å²) in [7, 11) is 0. The molecule has 0 N–H and O–H groups in total. The molecule has 3 heteroatoms. The van der Waals surface area contributed by atoms with Gasteiger partial charge in [-0.05, 0) is 23.3 Å². The van der Waals surface area contributed by atoms with Gasteiger partial charge in [-0.3, -0.25) is 4.79 Å². The summed E-state index contributed by atoms with van der Waals surface area (Å²) in [5.74, 6) is 1.10. The van der Waals surface area contributed by atoms with Gasteiger partial charge in [-0.1, -0.05) is 87.5 Å². The molecule has 0 aliphatic heterocycles. The molecular formula is C25H26O3. The quantitative estimate of drug-likeness (QED) is 0.471. The molecule has 0 amide bonds. The molecule has 0 saturated carbocycles. The molecule has 3 rings (SSSR count). The predicted molar refractivity (Wildman–Crippen MR) is 112 cm³/mol. The van der Waals surface area contributed by atoms with E-state index in [1.807, 2.05) is 99.6 Å². The smallest absolute Gasteiger partial charge is 0.175 e. The number of ether oxygens (including phenoxy) is 2. The highest BCUT2D eigenvalue weighted by molar-refractivity contribution is 6.04. The van der Waals surface area contributed by atoms with Crippen LogP contribution in [0, 0.1) is 5.41 Å².